The van der Waals surface area contributed by atoms with Crippen LogP contribution in [-0.4, -0.2) is 23.7 Å². The summed E-state index contributed by atoms with van der Waals surface area (Å²) in [5, 5.41) is 12.8. The van der Waals surface area contributed by atoms with Gasteiger partial charge in [-0.3, -0.25) is 0 Å². The predicted octanol–water partition coefficient (Wildman–Crippen LogP) is 4.40. The van der Waals surface area contributed by atoms with Crippen molar-refractivity contribution in [3.8, 4) is 5.75 Å². The fraction of sp³-hybridized carbons (Fsp3) is 0.611. The van der Waals surface area contributed by atoms with Crippen molar-refractivity contribution in [3.05, 3.63) is 28.8 Å². The number of phenolic OH excluding ortho intramolecular Hbond substituents is 1. The maximum Gasteiger partial charge on any atom is 0.408 e. The molecule has 134 valence electrons. The van der Waals surface area contributed by atoms with Gasteiger partial charge in [-0.1, -0.05) is 47.6 Å². The molecule has 1 aliphatic rings. The number of aromatic hydroxyl groups is 1. The molecule has 0 aliphatic carbocycles. The molecule has 0 unspecified atom stereocenters. The molecule has 0 aromatic heterocycles. The zero-order valence-corrected chi connectivity index (χ0v) is 15.0. The second-order valence-electron chi connectivity index (χ2n) is 8.38. The lowest BCUT2D eigenvalue weighted by Crippen LogP contribution is -2.49. The van der Waals surface area contributed by atoms with Gasteiger partial charge in [-0.15, -0.1) is 0 Å². The molecular formula is C18H25F2NO3. The van der Waals surface area contributed by atoms with Crippen LogP contribution < -0.4 is 5.32 Å². The SMILES string of the molecule is CC(C)(C)c1cc([C@H]2NC(=O)OCC2(F)F)c(O)c(C(C)(C)C)c1. The van der Waals surface area contributed by atoms with E-state index >= 15 is 0 Å². The lowest BCUT2D eigenvalue weighted by molar-refractivity contribution is -0.104. The van der Waals surface area contributed by atoms with Gasteiger partial charge >= 0.3 is 12.0 Å². The molecule has 1 heterocycles. The van der Waals surface area contributed by atoms with Crippen LogP contribution in [0.3, 0.4) is 0 Å². The number of carbonyl (C=O) groups is 1. The van der Waals surface area contributed by atoms with Crippen LogP contribution in [-0.2, 0) is 15.6 Å². The van der Waals surface area contributed by atoms with Crippen LogP contribution in [0.15, 0.2) is 12.1 Å². The summed E-state index contributed by atoms with van der Waals surface area (Å²) < 4.78 is 33.0. The Morgan fingerprint density at radius 1 is 1.17 bits per heavy atom. The minimum absolute atomic E-state index is 0.0222. The lowest BCUT2D eigenvalue weighted by Gasteiger charge is -2.35. The van der Waals surface area contributed by atoms with Gasteiger partial charge in [0.2, 0.25) is 0 Å². The van der Waals surface area contributed by atoms with Crippen molar-refractivity contribution in [1.82, 2.24) is 5.32 Å². The summed E-state index contributed by atoms with van der Waals surface area (Å²) in [6.45, 7) is 10.6. The third-order valence-corrected chi connectivity index (χ3v) is 4.20. The molecule has 0 bridgehead atoms. The molecule has 6 heteroatoms. The van der Waals surface area contributed by atoms with E-state index in [2.05, 4.69) is 10.1 Å². The smallest absolute Gasteiger partial charge is 0.408 e. The highest BCUT2D eigenvalue weighted by Gasteiger charge is 2.48. The van der Waals surface area contributed by atoms with Crippen molar-refractivity contribution >= 4 is 6.09 Å². The van der Waals surface area contributed by atoms with E-state index in [0.29, 0.717) is 5.56 Å². The van der Waals surface area contributed by atoms with Crippen molar-refractivity contribution in [2.45, 2.75) is 64.3 Å². The van der Waals surface area contributed by atoms with Gasteiger partial charge in [0, 0.05) is 5.56 Å². The molecule has 2 rings (SSSR count). The molecule has 1 aromatic carbocycles. The Kier molecular flexibility index (Phi) is 4.32. The van der Waals surface area contributed by atoms with Crippen molar-refractivity contribution in [2.75, 3.05) is 6.61 Å². The number of cyclic esters (lactones) is 1. The van der Waals surface area contributed by atoms with Crippen LogP contribution in [0.4, 0.5) is 13.6 Å². The molecule has 1 aromatic rings. The van der Waals surface area contributed by atoms with Gasteiger partial charge in [0.15, 0.2) is 6.61 Å². The normalized spacial score (nSPS) is 21.2. The van der Waals surface area contributed by atoms with E-state index in [-0.39, 0.29) is 16.7 Å². The number of alkyl carbamates (subject to hydrolysis) is 1. The first-order valence-corrected chi connectivity index (χ1v) is 7.92. The summed E-state index contributed by atoms with van der Waals surface area (Å²) in [6.07, 6.45) is -0.913. The van der Waals surface area contributed by atoms with E-state index in [1.165, 1.54) is 0 Å². The standard InChI is InChI=1S/C18H25F2NO3/c1-16(2,3)10-7-11(13(22)12(8-10)17(4,5)6)14-18(19,20)9-24-15(23)21-14/h7-8,14,22H,9H2,1-6H3,(H,21,23)/t14-/m1/s1. The Balaban J connectivity index is 2.70. The zero-order chi connectivity index (χ0) is 18.5. The third-order valence-electron chi connectivity index (χ3n) is 4.20. The molecule has 1 atom stereocenters. The summed E-state index contributed by atoms with van der Waals surface area (Å²) in [5.41, 5.74) is 0.671. The third kappa shape index (κ3) is 3.47. The molecule has 0 spiro atoms. The first-order valence-electron chi connectivity index (χ1n) is 7.92. The van der Waals surface area contributed by atoms with Crippen LogP contribution in [0, 0.1) is 0 Å². The number of amides is 1. The fourth-order valence-corrected chi connectivity index (χ4v) is 2.70. The Morgan fingerprint density at radius 2 is 1.75 bits per heavy atom. The average molecular weight is 341 g/mol. The van der Waals surface area contributed by atoms with E-state index in [0.717, 1.165) is 5.56 Å². The van der Waals surface area contributed by atoms with E-state index in [9.17, 15) is 18.7 Å². The maximum atomic E-state index is 14.3. The summed E-state index contributed by atoms with van der Waals surface area (Å²) >= 11 is 0. The van der Waals surface area contributed by atoms with Crippen LogP contribution in [0.2, 0.25) is 0 Å². The number of nitrogens with one attached hydrogen (secondary N) is 1. The highest BCUT2D eigenvalue weighted by atomic mass is 19.3. The van der Waals surface area contributed by atoms with Crippen molar-refractivity contribution in [2.24, 2.45) is 0 Å². The van der Waals surface area contributed by atoms with Crippen molar-refractivity contribution in [3.63, 3.8) is 0 Å². The quantitative estimate of drug-likeness (QED) is 0.796. The van der Waals surface area contributed by atoms with E-state index in [4.69, 9.17) is 0 Å². The maximum absolute atomic E-state index is 14.3. The zero-order valence-electron chi connectivity index (χ0n) is 15.0. The van der Waals surface area contributed by atoms with Gasteiger partial charge in [0.05, 0.1) is 0 Å². The summed E-state index contributed by atoms with van der Waals surface area (Å²) in [4.78, 5) is 11.5. The van der Waals surface area contributed by atoms with Gasteiger partial charge in [0.1, 0.15) is 11.8 Å². The number of rotatable bonds is 1. The average Bonchev–Trinajstić information content (AvgIpc) is 2.39. The summed E-state index contributed by atoms with van der Waals surface area (Å²) in [7, 11) is 0. The molecule has 4 nitrogen and oxygen atoms in total. The largest absolute Gasteiger partial charge is 0.507 e. The minimum Gasteiger partial charge on any atom is -0.507 e. The minimum atomic E-state index is -3.31. The summed E-state index contributed by atoms with van der Waals surface area (Å²) in [6, 6.07) is 1.77. The lowest BCUT2D eigenvalue weighted by atomic mass is 9.77. The molecule has 1 aliphatic heterocycles. The number of phenols is 1. The van der Waals surface area contributed by atoms with Crippen LogP contribution in [0.1, 0.15) is 64.3 Å². The number of ether oxygens (including phenoxy) is 1. The Morgan fingerprint density at radius 3 is 2.25 bits per heavy atom. The molecule has 0 saturated carbocycles. The van der Waals surface area contributed by atoms with E-state index in [1.54, 1.807) is 6.07 Å². The predicted molar refractivity (Wildman–Crippen MR) is 87.7 cm³/mol. The summed E-state index contributed by atoms with van der Waals surface area (Å²) in [5.74, 6) is -3.51. The number of hydrogen-bond acceptors (Lipinski definition) is 3. The molecule has 1 saturated heterocycles. The molecule has 1 fully saturated rings. The van der Waals surface area contributed by atoms with Gasteiger partial charge in [0.25, 0.3) is 0 Å². The topological polar surface area (TPSA) is 58.6 Å². The second kappa shape index (κ2) is 5.60. The monoisotopic (exact) mass is 341 g/mol. The van der Waals surface area contributed by atoms with Gasteiger partial charge in [-0.2, -0.15) is 0 Å². The number of hydrogen-bond donors (Lipinski definition) is 2. The number of benzene rings is 1. The van der Waals surface area contributed by atoms with Crippen molar-refractivity contribution < 1.29 is 23.4 Å². The first kappa shape index (κ1) is 18.5. The van der Waals surface area contributed by atoms with Crippen LogP contribution in [0.25, 0.3) is 0 Å². The highest BCUT2D eigenvalue weighted by Crippen LogP contribution is 2.44. The van der Waals surface area contributed by atoms with Crippen molar-refractivity contribution in [1.29, 1.82) is 0 Å². The number of halogens is 2. The number of alkyl halides is 2. The van der Waals surface area contributed by atoms with Gasteiger partial charge in [-0.05, 0) is 28.0 Å². The molecular weight excluding hydrogens is 316 g/mol. The molecule has 2 N–H and O–H groups in total. The van der Waals surface area contributed by atoms with E-state index in [1.807, 2.05) is 47.6 Å². The molecule has 1 amide bonds. The first-order chi connectivity index (χ1) is 10.7. The van der Waals surface area contributed by atoms with Crippen LogP contribution >= 0.6 is 0 Å². The fourth-order valence-electron chi connectivity index (χ4n) is 2.70. The Labute approximate surface area is 141 Å². The molecule has 24 heavy (non-hydrogen) atoms. The number of carbonyl (C=O) groups excluding carboxylic acids is 1. The van der Waals surface area contributed by atoms with Gasteiger partial charge in [-0.25, -0.2) is 13.6 Å². The Hall–Kier alpha value is -1.85. The Bertz CT molecular complexity index is 657. The molecule has 0 radical (unpaired) electrons. The van der Waals surface area contributed by atoms with E-state index < -0.39 is 30.1 Å². The van der Waals surface area contributed by atoms with Gasteiger partial charge < -0.3 is 15.2 Å². The highest BCUT2D eigenvalue weighted by molar-refractivity contribution is 5.70. The second-order valence-corrected chi connectivity index (χ2v) is 8.38. The van der Waals surface area contributed by atoms with Crippen LogP contribution in [0.5, 0.6) is 5.75 Å².